The molecule has 154 valence electrons. The van der Waals surface area contributed by atoms with E-state index >= 15 is 0 Å². The molecule has 0 aliphatic heterocycles. The Labute approximate surface area is 183 Å². The van der Waals surface area contributed by atoms with Crippen LogP contribution < -0.4 is 0 Å². The summed E-state index contributed by atoms with van der Waals surface area (Å²) in [6.07, 6.45) is 2.30. The first-order valence-electron chi connectivity index (χ1n) is 10.0. The van der Waals surface area contributed by atoms with E-state index in [1.165, 1.54) is 28.7 Å². The van der Waals surface area contributed by atoms with E-state index in [1.54, 1.807) is 12.1 Å². The van der Waals surface area contributed by atoms with Crippen molar-refractivity contribution in [1.29, 1.82) is 0 Å². The molecule has 4 aromatic rings. The number of furan rings is 1. The molecule has 1 aromatic carbocycles. The largest absolute Gasteiger partial charge is 0.461 e. The molecule has 1 aliphatic carbocycles. The lowest BCUT2D eigenvalue weighted by Crippen LogP contribution is -2.26. The molecule has 0 atom stereocenters. The molecule has 3 nitrogen and oxygen atoms in total. The minimum absolute atomic E-state index is 0.208. The first-order valence-corrected chi connectivity index (χ1v) is 11.8. The Morgan fingerprint density at radius 1 is 0.967 bits per heavy atom. The molecule has 0 spiro atoms. The second-order valence-electron chi connectivity index (χ2n) is 7.70. The molecule has 5 rings (SSSR count). The van der Waals surface area contributed by atoms with Crippen LogP contribution in [0.5, 0.6) is 0 Å². The molecule has 3 aromatic heterocycles. The second kappa shape index (κ2) is 8.12. The minimum atomic E-state index is -1.28. The van der Waals surface area contributed by atoms with Gasteiger partial charge in [-0.2, -0.15) is 0 Å². The van der Waals surface area contributed by atoms with E-state index in [2.05, 4.69) is 4.90 Å². The first-order chi connectivity index (χ1) is 14.6. The summed E-state index contributed by atoms with van der Waals surface area (Å²) in [7, 11) is 0. The maximum Gasteiger partial charge on any atom is 0.191 e. The lowest BCUT2D eigenvalue weighted by atomic mass is 9.97. The van der Waals surface area contributed by atoms with Gasteiger partial charge in [0.05, 0.1) is 6.54 Å². The molecular formula is C24H22FNO2S2. The monoisotopic (exact) mass is 439 g/mol. The highest BCUT2D eigenvalue weighted by atomic mass is 32.1. The second-order valence-corrected chi connectivity index (χ2v) is 9.59. The molecule has 1 aliphatic rings. The summed E-state index contributed by atoms with van der Waals surface area (Å²) in [5.74, 6) is 1.13. The third kappa shape index (κ3) is 3.88. The standard InChI is InChI=1S/C24H22FNO2S2/c25-18-5-1-4-17(14-18)15-26(19-8-9-19)16-20-10-11-21(28-20)24(27,22-6-2-12-29-22)23-7-3-13-30-23/h1-7,10-14,19,27H,8-9,15-16H2. The fourth-order valence-electron chi connectivity index (χ4n) is 3.81. The Hall–Kier alpha value is -2.25. The summed E-state index contributed by atoms with van der Waals surface area (Å²) in [6, 6.07) is 18.9. The average molecular weight is 440 g/mol. The normalized spacial score (nSPS) is 14.5. The SMILES string of the molecule is OC(c1ccc(CN(Cc2cccc(F)c2)C2CC2)o1)(c1cccs1)c1cccs1. The third-order valence-corrected chi connectivity index (χ3v) is 7.43. The molecule has 0 bridgehead atoms. The zero-order chi connectivity index (χ0) is 20.6. The fourth-order valence-corrected chi connectivity index (χ4v) is 5.56. The van der Waals surface area contributed by atoms with Crippen molar-refractivity contribution in [1.82, 2.24) is 4.90 Å². The lowest BCUT2D eigenvalue weighted by molar-refractivity contribution is 0.102. The summed E-state index contributed by atoms with van der Waals surface area (Å²) >= 11 is 3.03. The zero-order valence-corrected chi connectivity index (χ0v) is 18.0. The molecule has 6 heteroatoms. The lowest BCUT2D eigenvalue weighted by Gasteiger charge is -2.24. The van der Waals surface area contributed by atoms with Crippen molar-refractivity contribution >= 4 is 22.7 Å². The third-order valence-electron chi connectivity index (χ3n) is 5.47. The maximum absolute atomic E-state index is 13.6. The highest BCUT2D eigenvalue weighted by molar-refractivity contribution is 7.11. The highest BCUT2D eigenvalue weighted by Crippen LogP contribution is 2.42. The van der Waals surface area contributed by atoms with Gasteiger partial charge in [-0.3, -0.25) is 4.90 Å². The smallest absolute Gasteiger partial charge is 0.191 e. The fraction of sp³-hybridized carbons (Fsp3) is 0.250. The van der Waals surface area contributed by atoms with E-state index in [0.29, 0.717) is 24.9 Å². The number of hydrogen-bond acceptors (Lipinski definition) is 5. The van der Waals surface area contributed by atoms with Crippen LogP contribution >= 0.6 is 22.7 Å². The summed E-state index contributed by atoms with van der Waals surface area (Å²) in [6.45, 7) is 1.31. The summed E-state index contributed by atoms with van der Waals surface area (Å²) < 4.78 is 19.8. The van der Waals surface area contributed by atoms with Gasteiger partial charge in [0.1, 0.15) is 17.3 Å². The molecule has 30 heavy (non-hydrogen) atoms. The van der Waals surface area contributed by atoms with E-state index < -0.39 is 5.60 Å². The number of thiophene rings is 2. The number of benzene rings is 1. The zero-order valence-electron chi connectivity index (χ0n) is 16.3. The number of halogens is 1. The molecule has 1 fully saturated rings. The van der Waals surface area contributed by atoms with Gasteiger partial charge < -0.3 is 9.52 Å². The summed E-state index contributed by atoms with van der Waals surface area (Å²) in [5.41, 5.74) is -0.324. The quantitative estimate of drug-likeness (QED) is 0.366. The van der Waals surface area contributed by atoms with Crippen molar-refractivity contribution in [3.63, 3.8) is 0 Å². The van der Waals surface area contributed by atoms with Gasteiger partial charge in [-0.05, 0) is 65.6 Å². The van der Waals surface area contributed by atoms with Gasteiger partial charge in [0, 0.05) is 22.3 Å². The molecule has 0 saturated heterocycles. The Bertz CT molecular complexity index is 1070. The molecule has 0 radical (unpaired) electrons. The molecule has 0 unspecified atom stereocenters. The number of hydrogen-bond donors (Lipinski definition) is 1. The Morgan fingerprint density at radius 3 is 2.30 bits per heavy atom. The van der Waals surface area contributed by atoms with Crippen LogP contribution in [-0.2, 0) is 18.7 Å². The first kappa shape index (κ1) is 19.7. The average Bonchev–Trinajstić information content (AvgIpc) is 3.18. The predicted octanol–water partition coefficient (Wildman–Crippen LogP) is 5.99. The van der Waals surface area contributed by atoms with Crippen LogP contribution in [0.1, 0.15) is 39.7 Å². The van der Waals surface area contributed by atoms with E-state index in [-0.39, 0.29) is 5.82 Å². The Kier molecular flexibility index (Phi) is 5.33. The van der Waals surface area contributed by atoms with Gasteiger partial charge in [0.2, 0.25) is 0 Å². The van der Waals surface area contributed by atoms with Crippen molar-refractivity contribution in [3.8, 4) is 0 Å². The maximum atomic E-state index is 13.6. The van der Waals surface area contributed by atoms with Crippen LogP contribution in [-0.4, -0.2) is 16.0 Å². The van der Waals surface area contributed by atoms with Gasteiger partial charge in [-0.25, -0.2) is 4.39 Å². The Balaban J connectivity index is 1.41. The van der Waals surface area contributed by atoms with Crippen LogP contribution in [0.25, 0.3) is 0 Å². The topological polar surface area (TPSA) is 36.6 Å². The van der Waals surface area contributed by atoms with Crippen molar-refractivity contribution in [2.75, 3.05) is 0 Å². The van der Waals surface area contributed by atoms with Crippen molar-refractivity contribution < 1.29 is 13.9 Å². The molecular weight excluding hydrogens is 417 g/mol. The summed E-state index contributed by atoms with van der Waals surface area (Å²) in [5, 5.41) is 15.6. The predicted molar refractivity (Wildman–Crippen MR) is 118 cm³/mol. The van der Waals surface area contributed by atoms with Crippen molar-refractivity contribution in [2.45, 2.75) is 37.6 Å². The summed E-state index contributed by atoms with van der Waals surface area (Å²) in [4.78, 5) is 4.00. The van der Waals surface area contributed by atoms with Gasteiger partial charge in [-0.1, -0.05) is 24.3 Å². The van der Waals surface area contributed by atoms with Crippen LogP contribution in [0, 0.1) is 5.82 Å². The molecule has 1 saturated carbocycles. The van der Waals surface area contributed by atoms with Gasteiger partial charge >= 0.3 is 0 Å². The van der Waals surface area contributed by atoms with Crippen molar-refractivity contribution in [3.05, 3.63) is 104 Å². The van der Waals surface area contributed by atoms with Gasteiger partial charge in [0.25, 0.3) is 0 Å². The van der Waals surface area contributed by atoms with Crippen LogP contribution in [0.2, 0.25) is 0 Å². The number of aliphatic hydroxyl groups is 1. The van der Waals surface area contributed by atoms with E-state index in [0.717, 1.165) is 33.9 Å². The molecule has 0 amide bonds. The van der Waals surface area contributed by atoms with Crippen LogP contribution in [0.15, 0.2) is 75.8 Å². The Morgan fingerprint density at radius 2 is 1.70 bits per heavy atom. The number of rotatable bonds is 8. The van der Waals surface area contributed by atoms with Gasteiger partial charge in [-0.15, -0.1) is 22.7 Å². The van der Waals surface area contributed by atoms with Gasteiger partial charge in [0.15, 0.2) is 5.60 Å². The van der Waals surface area contributed by atoms with Crippen LogP contribution in [0.3, 0.4) is 0 Å². The molecule has 1 N–H and O–H groups in total. The minimum Gasteiger partial charge on any atom is -0.461 e. The van der Waals surface area contributed by atoms with Crippen LogP contribution in [0.4, 0.5) is 4.39 Å². The molecule has 3 heterocycles. The van der Waals surface area contributed by atoms with E-state index in [1.807, 2.05) is 53.2 Å². The number of nitrogens with zero attached hydrogens (tertiary/aromatic N) is 1. The van der Waals surface area contributed by atoms with E-state index in [4.69, 9.17) is 4.42 Å². The van der Waals surface area contributed by atoms with Crippen molar-refractivity contribution in [2.24, 2.45) is 0 Å². The highest BCUT2D eigenvalue weighted by Gasteiger charge is 2.39. The van der Waals surface area contributed by atoms with E-state index in [9.17, 15) is 9.50 Å².